The van der Waals surface area contributed by atoms with Crippen LogP contribution >= 0.6 is 11.3 Å². The van der Waals surface area contributed by atoms with Crippen LogP contribution in [-0.2, 0) is 11.3 Å². The summed E-state index contributed by atoms with van der Waals surface area (Å²) >= 11 is 1.35. The summed E-state index contributed by atoms with van der Waals surface area (Å²) in [5, 5.41) is 11.5. The van der Waals surface area contributed by atoms with Crippen LogP contribution in [0.5, 0.6) is 0 Å². The van der Waals surface area contributed by atoms with Crippen LogP contribution in [0.3, 0.4) is 0 Å². The molecule has 0 N–H and O–H groups in total. The van der Waals surface area contributed by atoms with Crippen molar-refractivity contribution in [3.05, 3.63) is 74.9 Å². The molecule has 1 aromatic carbocycles. The van der Waals surface area contributed by atoms with Gasteiger partial charge in [-0.25, -0.2) is 14.2 Å². The summed E-state index contributed by atoms with van der Waals surface area (Å²) in [6.45, 7) is 0.0933. The van der Waals surface area contributed by atoms with Crippen molar-refractivity contribution in [3.63, 3.8) is 0 Å². The van der Waals surface area contributed by atoms with Gasteiger partial charge in [-0.3, -0.25) is 4.79 Å². The van der Waals surface area contributed by atoms with Crippen molar-refractivity contribution >= 4 is 17.3 Å². The van der Waals surface area contributed by atoms with Crippen LogP contribution in [0.1, 0.15) is 21.6 Å². The lowest BCUT2D eigenvalue weighted by molar-refractivity contribution is 0.0599. The van der Waals surface area contributed by atoms with Gasteiger partial charge in [0, 0.05) is 17.1 Å². The molecule has 0 aliphatic heterocycles. The van der Waals surface area contributed by atoms with Gasteiger partial charge in [0.05, 0.1) is 24.9 Å². The number of aromatic nitrogens is 2. The minimum absolute atomic E-state index is 0.0933. The lowest BCUT2D eigenvalue weighted by atomic mass is 10.2. The first-order valence-corrected chi connectivity index (χ1v) is 8.33. The zero-order valence-electron chi connectivity index (χ0n) is 13.6. The van der Waals surface area contributed by atoms with E-state index in [0.717, 1.165) is 5.56 Å². The fourth-order valence-corrected chi connectivity index (χ4v) is 3.16. The molecule has 0 bridgehead atoms. The zero-order valence-corrected chi connectivity index (χ0v) is 14.4. The number of nitrogens with zero attached hydrogens (tertiary/aromatic N) is 3. The van der Waals surface area contributed by atoms with E-state index in [0.29, 0.717) is 10.7 Å². The predicted molar refractivity (Wildman–Crippen MR) is 93.4 cm³/mol. The molecule has 0 saturated carbocycles. The summed E-state index contributed by atoms with van der Waals surface area (Å²) in [6, 6.07) is 8.92. The van der Waals surface area contributed by atoms with Crippen molar-refractivity contribution in [2.45, 2.75) is 6.54 Å². The molecule has 26 heavy (non-hydrogen) atoms. The van der Waals surface area contributed by atoms with Crippen LogP contribution in [-0.4, -0.2) is 22.6 Å². The van der Waals surface area contributed by atoms with E-state index in [1.807, 2.05) is 0 Å². The van der Waals surface area contributed by atoms with Crippen LogP contribution < -0.4 is 5.56 Å². The van der Waals surface area contributed by atoms with Crippen LogP contribution in [0.15, 0.2) is 46.7 Å². The third-order valence-electron chi connectivity index (χ3n) is 3.60. The molecule has 2 aromatic heterocycles. The number of benzene rings is 1. The number of methoxy groups -OCH3 is 1. The van der Waals surface area contributed by atoms with Crippen molar-refractivity contribution in [2.24, 2.45) is 0 Å². The van der Waals surface area contributed by atoms with Gasteiger partial charge in [0.15, 0.2) is 0 Å². The van der Waals surface area contributed by atoms with Gasteiger partial charge < -0.3 is 9.30 Å². The Morgan fingerprint density at radius 2 is 2.12 bits per heavy atom. The summed E-state index contributed by atoms with van der Waals surface area (Å²) in [6.07, 6.45) is 1.34. The number of thiazole rings is 1. The lowest BCUT2D eigenvalue weighted by Crippen LogP contribution is -2.24. The molecule has 3 aromatic rings. The molecule has 0 amide bonds. The Kier molecular flexibility index (Phi) is 4.91. The normalized spacial score (nSPS) is 10.3. The zero-order chi connectivity index (χ0) is 18.7. The first kappa shape index (κ1) is 17.5. The van der Waals surface area contributed by atoms with E-state index in [2.05, 4.69) is 9.72 Å². The van der Waals surface area contributed by atoms with Crippen molar-refractivity contribution in [1.29, 1.82) is 5.26 Å². The molecule has 8 heteroatoms. The summed E-state index contributed by atoms with van der Waals surface area (Å²) < 4.78 is 18.9. The van der Waals surface area contributed by atoms with Gasteiger partial charge >= 0.3 is 5.97 Å². The summed E-state index contributed by atoms with van der Waals surface area (Å²) in [4.78, 5) is 28.5. The number of ether oxygens (including phenoxy) is 1. The smallest absolute Gasteiger partial charge is 0.339 e. The quantitative estimate of drug-likeness (QED) is 0.660. The Hall–Kier alpha value is -3.31. The monoisotopic (exact) mass is 369 g/mol. The van der Waals surface area contributed by atoms with Crippen molar-refractivity contribution in [2.75, 3.05) is 7.11 Å². The fraction of sp³-hybridized carbons (Fsp3) is 0.111. The number of carbonyl (C=O) groups excluding carboxylic acids is 1. The summed E-state index contributed by atoms with van der Waals surface area (Å²) in [5.41, 5.74) is 0.786. The number of esters is 1. The molecule has 0 spiro atoms. The molecular formula is C18H12FN3O3S. The third kappa shape index (κ3) is 3.53. The maximum Gasteiger partial charge on any atom is 0.339 e. The van der Waals surface area contributed by atoms with E-state index < -0.39 is 11.5 Å². The van der Waals surface area contributed by atoms with Gasteiger partial charge in [0.25, 0.3) is 5.56 Å². The number of hydrogen-bond donors (Lipinski definition) is 0. The Morgan fingerprint density at radius 1 is 1.38 bits per heavy atom. The fourth-order valence-electron chi connectivity index (χ4n) is 2.34. The number of nitriles is 1. The molecule has 0 saturated heterocycles. The topological polar surface area (TPSA) is 85.0 Å². The van der Waals surface area contributed by atoms with E-state index in [9.17, 15) is 14.0 Å². The second kappa shape index (κ2) is 7.29. The number of hydrogen-bond acceptors (Lipinski definition) is 6. The average Bonchev–Trinajstić information content (AvgIpc) is 3.11. The first-order valence-electron chi connectivity index (χ1n) is 7.45. The van der Waals surface area contributed by atoms with Crippen LogP contribution in [0, 0.1) is 17.1 Å². The molecule has 0 aliphatic carbocycles. The number of carbonyl (C=O) groups is 1. The van der Waals surface area contributed by atoms with Gasteiger partial charge in [0.2, 0.25) is 0 Å². The van der Waals surface area contributed by atoms with Gasteiger partial charge in [-0.05, 0) is 30.3 Å². The molecule has 130 valence electrons. The number of rotatable bonds is 4. The largest absolute Gasteiger partial charge is 0.465 e. The maximum absolute atomic E-state index is 13.0. The molecule has 0 unspecified atom stereocenters. The van der Waals surface area contributed by atoms with E-state index in [1.165, 1.54) is 47.4 Å². The molecular weight excluding hydrogens is 357 g/mol. The highest BCUT2D eigenvalue weighted by molar-refractivity contribution is 7.13. The molecule has 0 radical (unpaired) electrons. The highest BCUT2D eigenvalue weighted by Crippen LogP contribution is 2.24. The van der Waals surface area contributed by atoms with Gasteiger partial charge in [-0.2, -0.15) is 5.26 Å². The minimum atomic E-state index is -0.638. The van der Waals surface area contributed by atoms with Gasteiger partial charge in [-0.1, -0.05) is 0 Å². The molecule has 0 fully saturated rings. The van der Waals surface area contributed by atoms with Gasteiger partial charge in [-0.15, -0.1) is 11.3 Å². The predicted octanol–water partition coefficient (Wildman–Crippen LogP) is 2.82. The Balaban J connectivity index is 1.94. The van der Waals surface area contributed by atoms with E-state index in [4.69, 9.17) is 5.26 Å². The summed E-state index contributed by atoms with van der Waals surface area (Å²) in [7, 11) is 1.22. The highest BCUT2D eigenvalue weighted by Gasteiger charge is 2.14. The van der Waals surface area contributed by atoms with Crippen LogP contribution in [0.2, 0.25) is 0 Å². The molecule has 2 heterocycles. The van der Waals surface area contributed by atoms with E-state index in [1.54, 1.807) is 23.6 Å². The average molecular weight is 369 g/mol. The molecule has 0 aliphatic rings. The van der Waals surface area contributed by atoms with Crippen molar-refractivity contribution < 1.29 is 13.9 Å². The first-order chi connectivity index (χ1) is 12.5. The van der Waals surface area contributed by atoms with Crippen LogP contribution in [0.4, 0.5) is 4.39 Å². The standard InChI is InChI=1S/C18H12FN3O3S/c1-25-18(24)13-6-12(7-20)17(23)22(8-13)9-15-10-26-16(21-15)11-2-4-14(19)5-3-11/h2-6,8,10H,9H2,1H3. The van der Waals surface area contributed by atoms with Crippen LogP contribution in [0.25, 0.3) is 10.6 Å². The Morgan fingerprint density at radius 3 is 2.77 bits per heavy atom. The second-order valence-electron chi connectivity index (χ2n) is 5.33. The second-order valence-corrected chi connectivity index (χ2v) is 6.19. The Labute approximate surface area is 151 Å². The highest BCUT2D eigenvalue weighted by atomic mass is 32.1. The Bertz CT molecular complexity index is 1060. The van der Waals surface area contributed by atoms with Crippen molar-refractivity contribution in [3.8, 4) is 16.6 Å². The van der Waals surface area contributed by atoms with E-state index >= 15 is 0 Å². The SMILES string of the molecule is COC(=O)c1cc(C#N)c(=O)n(Cc2csc(-c3ccc(F)cc3)n2)c1. The lowest BCUT2D eigenvalue weighted by Gasteiger charge is -2.07. The maximum atomic E-state index is 13.0. The summed E-state index contributed by atoms with van der Waals surface area (Å²) in [5.74, 6) is -0.971. The minimum Gasteiger partial charge on any atom is -0.465 e. The molecule has 3 rings (SSSR count). The van der Waals surface area contributed by atoms with E-state index in [-0.39, 0.29) is 23.5 Å². The molecule has 0 atom stereocenters. The number of halogens is 1. The third-order valence-corrected chi connectivity index (χ3v) is 4.54. The number of pyridine rings is 1. The van der Waals surface area contributed by atoms with Crippen molar-refractivity contribution in [1.82, 2.24) is 9.55 Å². The van der Waals surface area contributed by atoms with Gasteiger partial charge in [0.1, 0.15) is 22.5 Å². The molecule has 6 nitrogen and oxygen atoms in total.